The first-order chi connectivity index (χ1) is 13.7. The van der Waals surface area contributed by atoms with E-state index in [1.54, 1.807) is 13.0 Å². The number of amides is 1. The summed E-state index contributed by atoms with van der Waals surface area (Å²) < 4.78 is 0. The normalized spacial score (nSPS) is 12.8. The van der Waals surface area contributed by atoms with Gasteiger partial charge in [0.05, 0.1) is 6.42 Å². The van der Waals surface area contributed by atoms with Crippen LogP contribution >= 0.6 is 11.6 Å². The minimum atomic E-state index is -1.01. The van der Waals surface area contributed by atoms with Crippen molar-refractivity contribution in [3.63, 3.8) is 0 Å². The first-order valence-corrected chi connectivity index (χ1v) is 9.71. The van der Waals surface area contributed by atoms with E-state index in [0.717, 1.165) is 16.7 Å². The van der Waals surface area contributed by atoms with Gasteiger partial charge in [0, 0.05) is 23.4 Å². The molecule has 6 nitrogen and oxygen atoms in total. The summed E-state index contributed by atoms with van der Waals surface area (Å²) in [5.41, 5.74) is 2.85. The molecule has 29 heavy (non-hydrogen) atoms. The third-order valence-electron chi connectivity index (χ3n) is 4.60. The van der Waals surface area contributed by atoms with E-state index in [9.17, 15) is 14.4 Å². The Hall–Kier alpha value is -2.86. The number of carboxylic acid groups (broad SMARTS) is 2. The number of hydrogen-bond donors (Lipinski definition) is 3. The molecule has 0 saturated carbocycles. The highest BCUT2D eigenvalue weighted by Gasteiger charge is 2.21. The molecular formula is C22H24ClNO5. The van der Waals surface area contributed by atoms with E-state index in [1.165, 1.54) is 0 Å². The molecule has 0 saturated heterocycles. The van der Waals surface area contributed by atoms with Crippen LogP contribution in [0.25, 0.3) is 11.1 Å². The second kappa shape index (κ2) is 10.6. The van der Waals surface area contributed by atoms with Crippen LogP contribution in [-0.4, -0.2) is 34.1 Å². The molecule has 0 aliphatic heterocycles. The summed E-state index contributed by atoms with van der Waals surface area (Å²) in [6.07, 6.45) is 0.241. The highest BCUT2D eigenvalue weighted by Crippen LogP contribution is 2.23. The van der Waals surface area contributed by atoms with Crippen molar-refractivity contribution in [2.75, 3.05) is 0 Å². The van der Waals surface area contributed by atoms with Gasteiger partial charge < -0.3 is 15.5 Å². The highest BCUT2D eigenvalue weighted by molar-refractivity contribution is 6.30. The molecule has 2 aromatic rings. The van der Waals surface area contributed by atoms with Crippen molar-refractivity contribution in [3.8, 4) is 11.1 Å². The quantitative estimate of drug-likeness (QED) is 0.541. The lowest BCUT2D eigenvalue weighted by Crippen LogP contribution is -2.40. The second-order valence-corrected chi connectivity index (χ2v) is 7.48. The molecule has 154 valence electrons. The van der Waals surface area contributed by atoms with E-state index in [4.69, 9.17) is 21.8 Å². The van der Waals surface area contributed by atoms with Gasteiger partial charge in [-0.2, -0.15) is 0 Å². The monoisotopic (exact) mass is 417 g/mol. The van der Waals surface area contributed by atoms with Gasteiger partial charge in [0.25, 0.3) is 0 Å². The molecule has 2 atom stereocenters. The standard InChI is InChI=1S/C22H24ClNO5/c1-14(5-10-20(25)26)22(29)24-19(13-21(27)28)11-15-6-8-16(9-7-15)17-3-2-4-18(23)12-17/h2-4,6-9,12,14,19H,5,10-11,13H2,1H3,(H,24,29)(H,25,26)(H,27,28)/t14-,19+/m0/s1. The van der Waals surface area contributed by atoms with E-state index >= 15 is 0 Å². The van der Waals surface area contributed by atoms with Crippen LogP contribution in [-0.2, 0) is 20.8 Å². The van der Waals surface area contributed by atoms with Gasteiger partial charge in [-0.05, 0) is 41.7 Å². The molecule has 2 aromatic carbocycles. The minimum Gasteiger partial charge on any atom is -0.481 e. The van der Waals surface area contributed by atoms with E-state index in [1.807, 2.05) is 42.5 Å². The summed E-state index contributed by atoms with van der Waals surface area (Å²) in [6, 6.07) is 14.5. The predicted molar refractivity (Wildman–Crippen MR) is 111 cm³/mol. The van der Waals surface area contributed by atoms with Gasteiger partial charge in [-0.25, -0.2) is 0 Å². The molecule has 0 unspecified atom stereocenters. The molecule has 0 spiro atoms. The fourth-order valence-electron chi connectivity index (χ4n) is 2.99. The zero-order valence-electron chi connectivity index (χ0n) is 16.1. The average molecular weight is 418 g/mol. The van der Waals surface area contributed by atoms with Crippen molar-refractivity contribution in [1.82, 2.24) is 5.32 Å². The summed E-state index contributed by atoms with van der Waals surface area (Å²) in [7, 11) is 0. The number of carbonyl (C=O) groups excluding carboxylic acids is 1. The Kier molecular flexibility index (Phi) is 8.21. The molecule has 3 N–H and O–H groups in total. The fourth-order valence-corrected chi connectivity index (χ4v) is 3.18. The predicted octanol–water partition coefficient (Wildman–Crippen LogP) is 4.01. The maximum atomic E-state index is 12.3. The minimum absolute atomic E-state index is 0.108. The number of carboxylic acids is 2. The molecule has 0 radical (unpaired) electrons. The van der Waals surface area contributed by atoms with Gasteiger partial charge in [0.2, 0.25) is 5.91 Å². The highest BCUT2D eigenvalue weighted by atomic mass is 35.5. The van der Waals surface area contributed by atoms with Crippen molar-refractivity contribution in [2.45, 2.75) is 38.6 Å². The first-order valence-electron chi connectivity index (χ1n) is 9.33. The van der Waals surface area contributed by atoms with Crippen LogP contribution in [0.2, 0.25) is 5.02 Å². The summed E-state index contributed by atoms with van der Waals surface area (Å²) in [4.78, 5) is 34.2. The Morgan fingerprint density at radius 3 is 2.28 bits per heavy atom. The van der Waals surface area contributed by atoms with Crippen molar-refractivity contribution >= 4 is 29.4 Å². The van der Waals surface area contributed by atoms with Crippen molar-refractivity contribution in [1.29, 1.82) is 0 Å². The lowest BCUT2D eigenvalue weighted by Gasteiger charge is -2.20. The molecule has 0 heterocycles. The van der Waals surface area contributed by atoms with Crippen LogP contribution in [0.3, 0.4) is 0 Å². The number of aliphatic carboxylic acids is 2. The Morgan fingerprint density at radius 2 is 1.69 bits per heavy atom. The average Bonchev–Trinajstić information content (AvgIpc) is 2.66. The molecule has 1 amide bonds. The lowest BCUT2D eigenvalue weighted by molar-refractivity contribution is -0.138. The van der Waals surface area contributed by atoms with Crippen LogP contribution < -0.4 is 5.32 Å². The Morgan fingerprint density at radius 1 is 1.00 bits per heavy atom. The van der Waals surface area contributed by atoms with Gasteiger partial charge >= 0.3 is 11.9 Å². The van der Waals surface area contributed by atoms with Gasteiger partial charge in [-0.3, -0.25) is 14.4 Å². The molecule has 2 rings (SSSR count). The number of hydrogen-bond acceptors (Lipinski definition) is 3. The molecule has 0 aliphatic carbocycles. The Labute approximate surface area is 174 Å². The smallest absolute Gasteiger partial charge is 0.305 e. The molecule has 0 fully saturated rings. The molecule has 7 heteroatoms. The van der Waals surface area contributed by atoms with Crippen molar-refractivity contribution < 1.29 is 24.6 Å². The Bertz CT molecular complexity index is 866. The first kappa shape index (κ1) is 22.4. The summed E-state index contributed by atoms with van der Waals surface area (Å²) in [6.45, 7) is 1.63. The molecular weight excluding hydrogens is 394 g/mol. The third-order valence-corrected chi connectivity index (χ3v) is 4.84. The van der Waals surface area contributed by atoms with Gasteiger partial charge in [0.1, 0.15) is 0 Å². The summed E-state index contributed by atoms with van der Waals surface area (Å²) in [5.74, 6) is -2.82. The van der Waals surface area contributed by atoms with Crippen molar-refractivity contribution in [3.05, 3.63) is 59.1 Å². The molecule has 0 aliphatic rings. The van der Waals surface area contributed by atoms with E-state index in [2.05, 4.69) is 5.32 Å². The third kappa shape index (κ3) is 7.58. The number of carbonyl (C=O) groups is 3. The zero-order valence-corrected chi connectivity index (χ0v) is 16.9. The van der Waals surface area contributed by atoms with E-state index in [0.29, 0.717) is 11.4 Å². The number of benzene rings is 2. The SMILES string of the molecule is C[C@@H](CCC(=O)O)C(=O)N[C@@H](CC(=O)O)Cc1ccc(-c2cccc(Cl)c2)cc1. The fraction of sp³-hybridized carbons (Fsp3) is 0.318. The number of rotatable bonds is 10. The van der Waals surface area contributed by atoms with E-state index in [-0.39, 0.29) is 25.2 Å². The lowest BCUT2D eigenvalue weighted by atomic mass is 9.98. The van der Waals surface area contributed by atoms with Crippen LogP contribution in [0.1, 0.15) is 31.7 Å². The summed E-state index contributed by atoms with van der Waals surface area (Å²) in [5, 5.41) is 21.3. The topological polar surface area (TPSA) is 104 Å². The van der Waals surface area contributed by atoms with Crippen LogP contribution in [0.5, 0.6) is 0 Å². The van der Waals surface area contributed by atoms with Crippen LogP contribution in [0, 0.1) is 5.92 Å². The largest absolute Gasteiger partial charge is 0.481 e. The van der Waals surface area contributed by atoms with Gasteiger partial charge in [-0.15, -0.1) is 0 Å². The summed E-state index contributed by atoms with van der Waals surface area (Å²) >= 11 is 6.03. The molecule has 0 aromatic heterocycles. The zero-order chi connectivity index (χ0) is 21.4. The van der Waals surface area contributed by atoms with Crippen LogP contribution in [0.4, 0.5) is 0 Å². The van der Waals surface area contributed by atoms with Crippen molar-refractivity contribution in [2.24, 2.45) is 5.92 Å². The van der Waals surface area contributed by atoms with E-state index < -0.39 is 23.9 Å². The number of nitrogens with one attached hydrogen (secondary N) is 1. The molecule has 0 bridgehead atoms. The van der Waals surface area contributed by atoms with Gasteiger partial charge in [0.15, 0.2) is 0 Å². The second-order valence-electron chi connectivity index (χ2n) is 7.05. The Balaban J connectivity index is 2.04. The van der Waals surface area contributed by atoms with Crippen LogP contribution in [0.15, 0.2) is 48.5 Å². The maximum absolute atomic E-state index is 12.3. The maximum Gasteiger partial charge on any atom is 0.305 e. The number of halogens is 1. The van der Waals surface area contributed by atoms with Gasteiger partial charge in [-0.1, -0.05) is 54.9 Å².